The van der Waals surface area contributed by atoms with Crippen LogP contribution in [0.5, 0.6) is 5.75 Å². The Labute approximate surface area is 173 Å². The van der Waals surface area contributed by atoms with Gasteiger partial charge >= 0.3 is 0 Å². The summed E-state index contributed by atoms with van der Waals surface area (Å²) >= 11 is 4.17. The lowest BCUT2D eigenvalue weighted by atomic mass is 9.99. The van der Waals surface area contributed by atoms with E-state index in [4.69, 9.17) is 4.74 Å². The number of nitrogens with zero attached hydrogens (tertiary/aromatic N) is 2. The van der Waals surface area contributed by atoms with Gasteiger partial charge in [0.05, 0.1) is 12.0 Å². The summed E-state index contributed by atoms with van der Waals surface area (Å²) in [6, 6.07) is 11.9. The number of hydrogen-bond donors (Lipinski definition) is 2. The molecule has 0 saturated carbocycles. The summed E-state index contributed by atoms with van der Waals surface area (Å²) in [5, 5.41) is 13.6. The number of nitro groups is 1. The van der Waals surface area contributed by atoms with Gasteiger partial charge in [0.15, 0.2) is 0 Å². The average molecular weight is 415 g/mol. The van der Waals surface area contributed by atoms with E-state index in [1.165, 1.54) is 12.1 Å². The van der Waals surface area contributed by atoms with Crippen molar-refractivity contribution in [2.24, 2.45) is 0 Å². The van der Waals surface area contributed by atoms with Crippen molar-refractivity contribution < 1.29 is 19.2 Å². The van der Waals surface area contributed by atoms with Gasteiger partial charge in [0.2, 0.25) is 11.8 Å². The van der Waals surface area contributed by atoms with Gasteiger partial charge in [0.25, 0.3) is 5.69 Å². The standard InChI is InChI=1S/C20H21N3O5S/c1-28-16-8-4-14(5-9-16)11-22-18(19(24)21-17(12-29)20(22)25)10-13-2-6-15(7-3-13)23(26)27/h2-9,17-18,29H,10-12H2,1H3,(H,21,24). The Hall–Kier alpha value is -3.07. The number of nitro benzene ring substituents is 1. The summed E-state index contributed by atoms with van der Waals surface area (Å²) in [6.07, 6.45) is 0.255. The molecule has 0 radical (unpaired) electrons. The number of non-ortho nitro benzene ring substituents is 1. The minimum absolute atomic E-state index is 0.0249. The third-order valence-electron chi connectivity index (χ3n) is 4.85. The van der Waals surface area contributed by atoms with Crippen molar-refractivity contribution in [3.63, 3.8) is 0 Å². The van der Waals surface area contributed by atoms with Crippen LogP contribution in [0.15, 0.2) is 48.5 Å². The summed E-state index contributed by atoms with van der Waals surface area (Å²) in [6.45, 7) is 0.262. The molecule has 2 aromatic carbocycles. The molecule has 29 heavy (non-hydrogen) atoms. The number of piperazine rings is 1. The lowest BCUT2D eigenvalue weighted by molar-refractivity contribution is -0.384. The quantitative estimate of drug-likeness (QED) is 0.409. The van der Waals surface area contributed by atoms with Gasteiger partial charge in [-0.3, -0.25) is 19.7 Å². The second-order valence-electron chi connectivity index (χ2n) is 6.70. The van der Waals surface area contributed by atoms with Crippen molar-refractivity contribution in [2.75, 3.05) is 12.9 Å². The highest BCUT2D eigenvalue weighted by atomic mass is 32.1. The van der Waals surface area contributed by atoms with Crippen LogP contribution in [0.1, 0.15) is 11.1 Å². The molecule has 1 saturated heterocycles. The van der Waals surface area contributed by atoms with Crippen LogP contribution in [0.4, 0.5) is 5.69 Å². The molecule has 0 bridgehead atoms. The van der Waals surface area contributed by atoms with Gasteiger partial charge in [-0.15, -0.1) is 0 Å². The first-order valence-corrected chi connectivity index (χ1v) is 9.64. The number of hydrogen-bond acceptors (Lipinski definition) is 6. The van der Waals surface area contributed by atoms with E-state index in [0.29, 0.717) is 5.75 Å². The maximum absolute atomic E-state index is 12.9. The zero-order valence-electron chi connectivity index (χ0n) is 15.8. The van der Waals surface area contributed by atoms with E-state index in [1.807, 2.05) is 12.1 Å². The van der Waals surface area contributed by atoms with Crippen LogP contribution < -0.4 is 10.1 Å². The number of methoxy groups -OCH3 is 1. The van der Waals surface area contributed by atoms with Crippen LogP contribution in [0.2, 0.25) is 0 Å². The molecule has 0 spiro atoms. The van der Waals surface area contributed by atoms with Crippen LogP contribution in [0.3, 0.4) is 0 Å². The van der Waals surface area contributed by atoms with E-state index in [0.717, 1.165) is 11.1 Å². The van der Waals surface area contributed by atoms with Gasteiger partial charge < -0.3 is 15.0 Å². The van der Waals surface area contributed by atoms with Crippen molar-refractivity contribution in [3.05, 3.63) is 69.8 Å². The molecular weight excluding hydrogens is 394 g/mol. The number of carbonyl (C=O) groups excluding carboxylic acids is 2. The molecule has 1 aliphatic heterocycles. The first-order chi connectivity index (χ1) is 13.9. The lowest BCUT2D eigenvalue weighted by Gasteiger charge is -2.38. The fourth-order valence-corrected chi connectivity index (χ4v) is 3.49. The van der Waals surface area contributed by atoms with Gasteiger partial charge in [-0.25, -0.2) is 0 Å². The number of amides is 2. The second kappa shape index (κ2) is 8.95. The van der Waals surface area contributed by atoms with Gasteiger partial charge in [0, 0.05) is 30.9 Å². The molecule has 2 atom stereocenters. The molecule has 3 rings (SSSR count). The molecule has 8 nitrogen and oxygen atoms in total. The minimum Gasteiger partial charge on any atom is -0.497 e. The lowest BCUT2D eigenvalue weighted by Crippen LogP contribution is -2.64. The number of nitrogens with one attached hydrogen (secondary N) is 1. The van der Waals surface area contributed by atoms with Crippen molar-refractivity contribution in [3.8, 4) is 5.75 Å². The third kappa shape index (κ3) is 4.68. The van der Waals surface area contributed by atoms with E-state index in [-0.39, 0.29) is 36.2 Å². The summed E-state index contributed by atoms with van der Waals surface area (Å²) < 4.78 is 5.16. The number of ether oxygens (including phenoxy) is 1. The Morgan fingerprint density at radius 2 is 1.72 bits per heavy atom. The summed E-state index contributed by atoms with van der Waals surface area (Å²) in [5.41, 5.74) is 1.57. The fourth-order valence-electron chi connectivity index (χ4n) is 3.24. The maximum atomic E-state index is 12.9. The maximum Gasteiger partial charge on any atom is 0.269 e. The Morgan fingerprint density at radius 1 is 1.10 bits per heavy atom. The first-order valence-electron chi connectivity index (χ1n) is 9.01. The smallest absolute Gasteiger partial charge is 0.269 e. The van der Waals surface area contributed by atoms with Crippen LogP contribution in [0.25, 0.3) is 0 Å². The van der Waals surface area contributed by atoms with Gasteiger partial charge in [0.1, 0.15) is 17.8 Å². The van der Waals surface area contributed by atoms with Gasteiger partial charge in [-0.1, -0.05) is 24.3 Å². The van der Waals surface area contributed by atoms with Crippen LogP contribution in [-0.2, 0) is 22.6 Å². The van der Waals surface area contributed by atoms with E-state index in [1.54, 1.807) is 36.3 Å². The molecule has 152 valence electrons. The largest absolute Gasteiger partial charge is 0.497 e. The number of carbonyl (C=O) groups is 2. The zero-order valence-corrected chi connectivity index (χ0v) is 16.7. The SMILES string of the molecule is COc1ccc(CN2C(=O)C(CS)NC(=O)C2Cc2ccc([N+](=O)[O-])cc2)cc1. The van der Waals surface area contributed by atoms with E-state index < -0.39 is 17.0 Å². The molecule has 2 aromatic rings. The predicted molar refractivity (Wildman–Crippen MR) is 110 cm³/mol. The van der Waals surface area contributed by atoms with Crippen molar-refractivity contribution in [1.29, 1.82) is 0 Å². The molecule has 0 aliphatic carbocycles. The highest BCUT2D eigenvalue weighted by Gasteiger charge is 2.39. The minimum atomic E-state index is -0.720. The molecular formula is C20H21N3O5S. The van der Waals surface area contributed by atoms with Crippen LogP contribution in [0, 0.1) is 10.1 Å². The number of rotatable bonds is 7. The Kier molecular flexibility index (Phi) is 6.38. The molecule has 1 fully saturated rings. The Morgan fingerprint density at radius 3 is 2.28 bits per heavy atom. The molecule has 1 N–H and O–H groups in total. The monoisotopic (exact) mass is 415 g/mol. The van der Waals surface area contributed by atoms with Crippen molar-refractivity contribution >= 4 is 30.1 Å². The third-order valence-corrected chi connectivity index (χ3v) is 5.21. The number of thiol groups is 1. The van der Waals surface area contributed by atoms with Crippen LogP contribution >= 0.6 is 12.6 Å². The van der Waals surface area contributed by atoms with Crippen molar-refractivity contribution in [2.45, 2.75) is 25.0 Å². The summed E-state index contributed by atoms with van der Waals surface area (Å²) in [4.78, 5) is 37.6. The predicted octanol–water partition coefficient (Wildman–Crippen LogP) is 1.97. The molecule has 0 aromatic heterocycles. The fraction of sp³-hybridized carbons (Fsp3) is 0.300. The highest BCUT2D eigenvalue weighted by Crippen LogP contribution is 2.21. The second-order valence-corrected chi connectivity index (χ2v) is 7.07. The summed E-state index contributed by atoms with van der Waals surface area (Å²) in [5.74, 6) is 0.429. The van der Waals surface area contributed by atoms with E-state index >= 15 is 0 Å². The normalized spacial score (nSPS) is 19.0. The Balaban J connectivity index is 1.85. The highest BCUT2D eigenvalue weighted by molar-refractivity contribution is 7.80. The van der Waals surface area contributed by atoms with E-state index in [9.17, 15) is 19.7 Å². The van der Waals surface area contributed by atoms with Crippen LogP contribution in [-0.4, -0.2) is 46.6 Å². The molecule has 1 heterocycles. The molecule has 1 aliphatic rings. The number of benzene rings is 2. The zero-order chi connectivity index (χ0) is 21.0. The van der Waals surface area contributed by atoms with Gasteiger partial charge in [-0.05, 0) is 23.3 Å². The van der Waals surface area contributed by atoms with Crippen molar-refractivity contribution in [1.82, 2.24) is 10.2 Å². The van der Waals surface area contributed by atoms with E-state index in [2.05, 4.69) is 17.9 Å². The Bertz CT molecular complexity index is 901. The van der Waals surface area contributed by atoms with Gasteiger partial charge in [-0.2, -0.15) is 12.6 Å². The summed E-state index contributed by atoms with van der Waals surface area (Å²) in [7, 11) is 1.57. The first kappa shape index (κ1) is 20.7. The molecule has 2 amide bonds. The molecule has 2 unspecified atom stereocenters. The topological polar surface area (TPSA) is 102 Å². The average Bonchev–Trinajstić information content (AvgIpc) is 2.73. The molecule has 9 heteroatoms.